The van der Waals surface area contributed by atoms with E-state index < -0.39 is 0 Å². The second-order valence-electron chi connectivity index (χ2n) is 7.85. The maximum atomic E-state index is 12.3. The van der Waals surface area contributed by atoms with Crippen LogP contribution in [0.5, 0.6) is 5.75 Å². The summed E-state index contributed by atoms with van der Waals surface area (Å²) in [5, 5.41) is 8.38. The number of pyridine rings is 1. The van der Waals surface area contributed by atoms with Crippen molar-refractivity contribution in [2.24, 2.45) is 0 Å². The third-order valence-electron chi connectivity index (χ3n) is 5.65. The highest BCUT2D eigenvalue weighted by Crippen LogP contribution is 2.24. The number of rotatable bonds is 6. The van der Waals surface area contributed by atoms with E-state index in [1.54, 1.807) is 0 Å². The number of anilines is 1. The third-order valence-corrected chi connectivity index (χ3v) is 5.65. The zero-order valence-electron chi connectivity index (χ0n) is 16.5. The zero-order chi connectivity index (χ0) is 19.2. The molecule has 0 unspecified atom stereocenters. The summed E-state index contributed by atoms with van der Waals surface area (Å²) in [6.07, 6.45) is 8.47. The van der Waals surface area contributed by atoms with Crippen LogP contribution >= 0.6 is 0 Å². The lowest BCUT2D eigenvalue weighted by Crippen LogP contribution is -2.34. The van der Waals surface area contributed by atoms with Gasteiger partial charge in [0.15, 0.2) is 0 Å². The summed E-state index contributed by atoms with van der Waals surface area (Å²) < 4.78 is 6.14. The van der Waals surface area contributed by atoms with Crippen LogP contribution in [0.2, 0.25) is 0 Å². The van der Waals surface area contributed by atoms with Crippen LogP contribution in [0.1, 0.15) is 38.5 Å². The number of aromatic nitrogens is 1. The first-order chi connectivity index (χ1) is 13.8. The molecule has 150 valence electrons. The van der Waals surface area contributed by atoms with Crippen molar-refractivity contribution in [1.82, 2.24) is 15.2 Å². The van der Waals surface area contributed by atoms with Gasteiger partial charge in [0.1, 0.15) is 17.7 Å². The van der Waals surface area contributed by atoms with Gasteiger partial charge in [-0.25, -0.2) is 4.98 Å². The lowest BCUT2D eigenvalue weighted by molar-refractivity contribution is -0.116. The number of nitrogens with one attached hydrogen (secondary N) is 2. The molecule has 2 aromatic rings. The Labute approximate surface area is 166 Å². The Morgan fingerprint density at radius 3 is 2.79 bits per heavy atom. The minimum Gasteiger partial charge on any atom is -0.490 e. The fraction of sp³-hybridized carbons (Fsp3) is 0.545. The number of piperidine rings is 2. The normalized spacial score (nSPS) is 18.9. The summed E-state index contributed by atoms with van der Waals surface area (Å²) in [6.45, 7) is 5.07. The van der Waals surface area contributed by atoms with Crippen molar-refractivity contribution < 1.29 is 9.53 Å². The minimum atomic E-state index is 0.0273. The van der Waals surface area contributed by atoms with Gasteiger partial charge >= 0.3 is 0 Å². The lowest BCUT2D eigenvalue weighted by Gasteiger charge is -2.25. The largest absolute Gasteiger partial charge is 0.490 e. The van der Waals surface area contributed by atoms with E-state index in [4.69, 9.17) is 4.74 Å². The van der Waals surface area contributed by atoms with Crippen LogP contribution in [-0.4, -0.2) is 54.6 Å². The van der Waals surface area contributed by atoms with Gasteiger partial charge in [-0.3, -0.25) is 4.79 Å². The average Bonchev–Trinajstić information content (AvgIpc) is 2.73. The summed E-state index contributed by atoms with van der Waals surface area (Å²) in [7, 11) is 0. The number of amides is 1. The van der Waals surface area contributed by atoms with Gasteiger partial charge in [-0.1, -0.05) is 6.42 Å². The van der Waals surface area contributed by atoms with Gasteiger partial charge in [0.05, 0.1) is 0 Å². The highest BCUT2D eigenvalue weighted by molar-refractivity contribution is 5.93. The molecule has 6 heteroatoms. The molecular weight excluding hydrogens is 352 g/mol. The zero-order valence-corrected chi connectivity index (χ0v) is 16.5. The van der Waals surface area contributed by atoms with Crippen LogP contribution in [0.4, 0.5) is 5.82 Å². The third kappa shape index (κ3) is 5.20. The number of hydrogen-bond donors (Lipinski definition) is 2. The van der Waals surface area contributed by atoms with Crippen LogP contribution in [0, 0.1) is 0 Å². The molecule has 4 rings (SSSR count). The fourth-order valence-corrected chi connectivity index (χ4v) is 4.01. The molecule has 0 atom stereocenters. The molecule has 0 saturated carbocycles. The number of ether oxygens (including phenoxy) is 1. The SMILES string of the molecule is O=C(CCN1CCCCC1)Nc1cc2cc(OC3CCNCC3)ccc2cn1. The van der Waals surface area contributed by atoms with Crippen molar-refractivity contribution in [3.05, 3.63) is 30.5 Å². The van der Waals surface area contributed by atoms with Gasteiger partial charge in [-0.2, -0.15) is 0 Å². The standard InChI is InChI=1S/C22H30N4O2/c27-22(8-13-26-11-2-1-3-12-26)25-21-15-18-14-20(5-4-17(18)16-24-21)28-19-6-9-23-10-7-19/h4-5,14-16,19,23H,1-3,6-13H2,(H,24,25,27). The van der Waals surface area contributed by atoms with Crippen LogP contribution in [0.25, 0.3) is 10.8 Å². The molecule has 2 fully saturated rings. The highest BCUT2D eigenvalue weighted by Gasteiger charge is 2.15. The molecular formula is C22H30N4O2. The molecule has 0 spiro atoms. The highest BCUT2D eigenvalue weighted by atomic mass is 16.5. The smallest absolute Gasteiger partial charge is 0.226 e. The molecule has 1 aromatic heterocycles. The Morgan fingerprint density at radius 2 is 1.96 bits per heavy atom. The number of benzene rings is 1. The molecule has 6 nitrogen and oxygen atoms in total. The number of fused-ring (bicyclic) bond motifs is 1. The second kappa shape index (κ2) is 9.34. The maximum absolute atomic E-state index is 12.3. The minimum absolute atomic E-state index is 0.0273. The Balaban J connectivity index is 1.36. The molecule has 0 radical (unpaired) electrons. The Kier molecular flexibility index (Phi) is 6.39. The van der Waals surface area contributed by atoms with Gasteiger partial charge < -0.3 is 20.3 Å². The fourth-order valence-electron chi connectivity index (χ4n) is 4.01. The lowest BCUT2D eigenvalue weighted by atomic mass is 10.1. The Morgan fingerprint density at radius 1 is 1.14 bits per heavy atom. The van der Waals surface area contributed by atoms with Crippen molar-refractivity contribution in [3.8, 4) is 5.75 Å². The summed E-state index contributed by atoms with van der Waals surface area (Å²) >= 11 is 0. The molecule has 2 saturated heterocycles. The van der Waals surface area contributed by atoms with Crippen molar-refractivity contribution in [2.75, 3.05) is 38.0 Å². The van der Waals surface area contributed by atoms with Gasteiger partial charge in [0.25, 0.3) is 0 Å². The number of carbonyl (C=O) groups excluding carboxylic acids is 1. The molecule has 28 heavy (non-hydrogen) atoms. The van der Waals surface area contributed by atoms with Gasteiger partial charge in [-0.15, -0.1) is 0 Å². The number of carbonyl (C=O) groups is 1. The van der Waals surface area contributed by atoms with Crippen LogP contribution in [0.3, 0.4) is 0 Å². The Hall–Kier alpha value is -2.18. The molecule has 2 aliphatic heterocycles. The van der Waals surface area contributed by atoms with Crippen molar-refractivity contribution in [1.29, 1.82) is 0 Å². The molecule has 3 heterocycles. The number of likely N-dealkylation sites (tertiary alicyclic amines) is 1. The first kappa shape index (κ1) is 19.2. The van der Waals surface area contributed by atoms with E-state index in [0.29, 0.717) is 12.2 Å². The van der Waals surface area contributed by atoms with E-state index in [1.807, 2.05) is 30.5 Å². The van der Waals surface area contributed by atoms with Crippen LogP contribution < -0.4 is 15.4 Å². The maximum Gasteiger partial charge on any atom is 0.226 e. The average molecular weight is 383 g/mol. The van der Waals surface area contributed by atoms with Crippen LogP contribution in [-0.2, 0) is 4.79 Å². The first-order valence-corrected chi connectivity index (χ1v) is 10.6. The van der Waals surface area contributed by atoms with E-state index in [0.717, 1.165) is 62.1 Å². The second-order valence-corrected chi connectivity index (χ2v) is 7.85. The summed E-state index contributed by atoms with van der Waals surface area (Å²) in [4.78, 5) is 19.1. The summed E-state index contributed by atoms with van der Waals surface area (Å²) in [6, 6.07) is 8.01. The quantitative estimate of drug-likeness (QED) is 0.803. The monoisotopic (exact) mass is 382 g/mol. The first-order valence-electron chi connectivity index (χ1n) is 10.6. The molecule has 0 aliphatic carbocycles. The van der Waals surface area contributed by atoms with Gasteiger partial charge in [0, 0.05) is 24.5 Å². The number of nitrogens with zero attached hydrogens (tertiary/aromatic N) is 2. The number of hydrogen-bond acceptors (Lipinski definition) is 5. The molecule has 2 aliphatic rings. The van der Waals surface area contributed by atoms with E-state index >= 15 is 0 Å². The molecule has 1 amide bonds. The molecule has 2 N–H and O–H groups in total. The summed E-state index contributed by atoms with van der Waals surface area (Å²) in [5.41, 5.74) is 0. The van der Waals surface area contributed by atoms with E-state index in [9.17, 15) is 4.79 Å². The van der Waals surface area contributed by atoms with Crippen LogP contribution in [0.15, 0.2) is 30.5 Å². The van der Waals surface area contributed by atoms with Gasteiger partial charge in [0.2, 0.25) is 5.91 Å². The van der Waals surface area contributed by atoms with Crippen molar-refractivity contribution >= 4 is 22.5 Å². The predicted octanol–water partition coefficient (Wildman–Crippen LogP) is 3.18. The van der Waals surface area contributed by atoms with E-state index in [2.05, 4.69) is 20.5 Å². The molecule has 0 bridgehead atoms. The van der Waals surface area contributed by atoms with Gasteiger partial charge in [-0.05, 0) is 81.5 Å². The van der Waals surface area contributed by atoms with Crippen molar-refractivity contribution in [2.45, 2.75) is 44.6 Å². The van der Waals surface area contributed by atoms with E-state index in [1.165, 1.54) is 19.3 Å². The topological polar surface area (TPSA) is 66.5 Å². The Bertz CT molecular complexity index is 798. The predicted molar refractivity (Wildman–Crippen MR) is 112 cm³/mol. The molecule has 1 aromatic carbocycles. The van der Waals surface area contributed by atoms with Crippen molar-refractivity contribution in [3.63, 3.8) is 0 Å². The summed E-state index contributed by atoms with van der Waals surface area (Å²) in [5.74, 6) is 1.52. The van der Waals surface area contributed by atoms with E-state index in [-0.39, 0.29) is 12.0 Å².